The molecule has 0 bridgehead atoms. The topological polar surface area (TPSA) is 37.6 Å². The van der Waals surface area contributed by atoms with E-state index in [1.54, 1.807) is 0 Å². The van der Waals surface area contributed by atoms with E-state index in [0.29, 0.717) is 0 Å². The van der Waals surface area contributed by atoms with Gasteiger partial charge in [-0.1, -0.05) is 0 Å². The lowest BCUT2D eigenvalue weighted by atomic mass is 10.2. The molecule has 0 spiro atoms. The number of aryl methyl sites for hydroxylation is 1. The van der Waals surface area contributed by atoms with Gasteiger partial charge in [0.25, 0.3) is 0 Å². The fourth-order valence-electron chi connectivity index (χ4n) is 2.56. The Bertz CT molecular complexity index is 404. The van der Waals surface area contributed by atoms with E-state index in [-0.39, 0.29) is 0 Å². The average Bonchev–Trinajstić information content (AvgIpc) is 3.17. The van der Waals surface area contributed by atoms with Gasteiger partial charge in [0.2, 0.25) is 0 Å². The van der Waals surface area contributed by atoms with Gasteiger partial charge in [0.15, 0.2) is 0 Å². The number of hydrogen-bond donors (Lipinski definition) is 1. The molecule has 1 aromatic heterocycles. The van der Waals surface area contributed by atoms with E-state index in [1.165, 1.54) is 18.4 Å². The molecular formula is C15H24N2O2. The van der Waals surface area contributed by atoms with E-state index in [9.17, 15) is 0 Å². The van der Waals surface area contributed by atoms with Gasteiger partial charge in [-0.3, -0.25) is 4.90 Å². The molecule has 106 valence electrons. The Morgan fingerprint density at radius 1 is 1.32 bits per heavy atom. The molecule has 0 unspecified atom stereocenters. The van der Waals surface area contributed by atoms with Gasteiger partial charge in [0, 0.05) is 37.8 Å². The molecular weight excluding hydrogens is 240 g/mol. The van der Waals surface area contributed by atoms with Crippen molar-refractivity contribution in [2.75, 3.05) is 26.3 Å². The molecule has 2 fully saturated rings. The maximum absolute atomic E-state index is 5.89. The van der Waals surface area contributed by atoms with Crippen molar-refractivity contribution in [1.29, 1.82) is 0 Å². The molecule has 1 aromatic rings. The van der Waals surface area contributed by atoms with Crippen LogP contribution in [0, 0.1) is 6.92 Å². The lowest BCUT2D eigenvalue weighted by Crippen LogP contribution is -2.25. The largest absolute Gasteiger partial charge is 0.465 e. The average molecular weight is 264 g/mol. The monoisotopic (exact) mass is 264 g/mol. The number of hydrogen-bond acceptors (Lipinski definition) is 4. The molecule has 0 amide bonds. The first-order valence-electron chi connectivity index (χ1n) is 7.43. The molecule has 2 heterocycles. The molecule has 0 radical (unpaired) electrons. The second-order valence-electron chi connectivity index (χ2n) is 5.69. The normalized spacial score (nSPS) is 21.5. The Labute approximate surface area is 115 Å². The first-order chi connectivity index (χ1) is 9.31. The van der Waals surface area contributed by atoms with Gasteiger partial charge in [-0.05, 0) is 32.3 Å². The van der Waals surface area contributed by atoms with Crippen LogP contribution in [0.4, 0.5) is 0 Å². The highest BCUT2D eigenvalue weighted by Gasteiger charge is 2.21. The molecule has 1 saturated carbocycles. The maximum Gasteiger partial charge on any atom is 0.118 e. The zero-order valence-electron chi connectivity index (χ0n) is 11.8. The maximum atomic E-state index is 5.89. The summed E-state index contributed by atoms with van der Waals surface area (Å²) >= 11 is 0. The molecule has 2 aliphatic rings. The zero-order chi connectivity index (χ0) is 13.1. The van der Waals surface area contributed by atoms with Crippen LogP contribution < -0.4 is 5.32 Å². The van der Waals surface area contributed by atoms with Crippen LogP contribution in [0.2, 0.25) is 0 Å². The van der Waals surface area contributed by atoms with Crippen molar-refractivity contribution in [3.63, 3.8) is 0 Å². The van der Waals surface area contributed by atoms with Crippen LogP contribution in [0.25, 0.3) is 0 Å². The third-order valence-corrected chi connectivity index (χ3v) is 3.92. The second-order valence-corrected chi connectivity index (χ2v) is 5.69. The molecule has 1 aliphatic heterocycles. The highest BCUT2D eigenvalue weighted by Crippen LogP contribution is 2.21. The third-order valence-electron chi connectivity index (χ3n) is 3.92. The van der Waals surface area contributed by atoms with Crippen molar-refractivity contribution in [3.05, 3.63) is 23.2 Å². The molecule has 4 heteroatoms. The van der Waals surface area contributed by atoms with Crippen molar-refractivity contribution >= 4 is 0 Å². The Kier molecular flexibility index (Phi) is 4.21. The van der Waals surface area contributed by atoms with Crippen molar-refractivity contribution in [2.24, 2.45) is 0 Å². The summed E-state index contributed by atoms with van der Waals surface area (Å²) in [5.41, 5.74) is 1.31. The lowest BCUT2D eigenvalue weighted by molar-refractivity contribution is 0.139. The van der Waals surface area contributed by atoms with E-state index < -0.39 is 0 Å². The number of nitrogens with zero attached hydrogens (tertiary/aromatic N) is 1. The number of ether oxygens (including phenoxy) is 1. The minimum absolute atomic E-state index is 0.750. The number of furan rings is 1. The quantitative estimate of drug-likeness (QED) is 0.883. The van der Waals surface area contributed by atoms with E-state index in [2.05, 4.69) is 23.2 Å². The Morgan fingerprint density at radius 2 is 2.21 bits per heavy atom. The lowest BCUT2D eigenvalue weighted by Gasteiger charge is -2.16. The first kappa shape index (κ1) is 13.2. The van der Waals surface area contributed by atoms with Crippen LogP contribution in [0.3, 0.4) is 0 Å². The van der Waals surface area contributed by atoms with Crippen LogP contribution in [0.5, 0.6) is 0 Å². The van der Waals surface area contributed by atoms with Crippen LogP contribution in [0.1, 0.15) is 36.3 Å². The minimum atomic E-state index is 0.750. The fraction of sp³-hybridized carbons (Fsp3) is 0.733. The van der Waals surface area contributed by atoms with E-state index in [1.807, 2.05) is 0 Å². The van der Waals surface area contributed by atoms with Crippen LogP contribution in [-0.2, 0) is 17.8 Å². The summed E-state index contributed by atoms with van der Waals surface area (Å²) in [5, 5.41) is 3.55. The number of nitrogens with one attached hydrogen (secondary N) is 1. The van der Waals surface area contributed by atoms with Crippen LogP contribution in [0.15, 0.2) is 10.5 Å². The molecule has 0 aromatic carbocycles. The summed E-state index contributed by atoms with van der Waals surface area (Å²) in [6, 6.07) is 2.97. The van der Waals surface area contributed by atoms with Gasteiger partial charge in [-0.15, -0.1) is 0 Å². The molecule has 4 nitrogen and oxygen atoms in total. The van der Waals surface area contributed by atoms with Gasteiger partial charge in [0.05, 0.1) is 13.2 Å². The summed E-state index contributed by atoms with van der Waals surface area (Å²) in [5.74, 6) is 2.15. The van der Waals surface area contributed by atoms with E-state index in [4.69, 9.17) is 9.15 Å². The van der Waals surface area contributed by atoms with Gasteiger partial charge >= 0.3 is 0 Å². The Hall–Kier alpha value is -0.840. The molecule has 1 aliphatic carbocycles. The van der Waals surface area contributed by atoms with Gasteiger partial charge in [0.1, 0.15) is 11.5 Å². The predicted molar refractivity (Wildman–Crippen MR) is 74.0 cm³/mol. The summed E-state index contributed by atoms with van der Waals surface area (Å²) < 4.78 is 11.4. The minimum Gasteiger partial charge on any atom is -0.465 e. The summed E-state index contributed by atoms with van der Waals surface area (Å²) in [6.45, 7) is 7.78. The summed E-state index contributed by atoms with van der Waals surface area (Å²) in [4.78, 5) is 2.42. The van der Waals surface area contributed by atoms with Crippen molar-refractivity contribution in [2.45, 2.75) is 45.3 Å². The second kappa shape index (κ2) is 6.07. The van der Waals surface area contributed by atoms with Gasteiger partial charge < -0.3 is 14.5 Å². The summed E-state index contributed by atoms with van der Waals surface area (Å²) in [7, 11) is 0. The van der Waals surface area contributed by atoms with Crippen LogP contribution in [-0.4, -0.2) is 37.2 Å². The molecule has 19 heavy (non-hydrogen) atoms. The van der Waals surface area contributed by atoms with Crippen molar-refractivity contribution in [1.82, 2.24) is 10.2 Å². The first-order valence-corrected chi connectivity index (χ1v) is 7.43. The van der Waals surface area contributed by atoms with Crippen LogP contribution >= 0.6 is 0 Å². The molecule has 1 saturated heterocycles. The highest BCUT2D eigenvalue weighted by molar-refractivity contribution is 5.21. The standard InChI is InChI=1S/C15H24N2O2/c1-12-13(10-16-14-3-4-14)9-15(19-12)11-17-5-2-7-18-8-6-17/h9,14,16H,2-8,10-11H2,1H3. The van der Waals surface area contributed by atoms with Gasteiger partial charge in [-0.25, -0.2) is 0 Å². The Morgan fingerprint density at radius 3 is 3.05 bits per heavy atom. The van der Waals surface area contributed by atoms with Crippen molar-refractivity contribution < 1.29 is 9.15 Å². The Balaban J connectivity index is 1.55. The molecule has 0 atom stereocenters. The van der Waals surface area contributed by atoms with E-state index in [0.717, 1.165) is 63.4 Å². The molecule has 3 rings (SSSR count). The highest BCUT2D eigenvalue weighted by atomic mass is 16.5. The third kappa shape index (κ3) is 3.81. The fourth-order valence-corrected chi connectivity index (χ4v) is 2.56. The predicted octanol–water partition coefficient (Wildman–Crippen LogP) is 2.06. The molecule has 1 N–H and O–H groups in total. The van der Waals surface area contributed by atoms with Gasteiger partial charge in [-0.2, -0.15) is 0 Å². The summed E-state index contributed by atoms with van der Waals surface area (Å²) in [6.07, 6.45) is 3.78. The van der Waals surface area contributed by atoms with Crippen molar-refractivity contribution in [3.8, 4) is 0 Å². The van der Waals surface area contributed by atoms with E-state index >= 15 is 0 Å². The number of rotatable bonds is 5. The zero-order valence-corrected chi connectivity index (χ0v) is 11.8. The smallest absolute Gasteiger partial charge is 0.118 e. The SMILES string of the molecule is Cc1oc(CN2CCCOCC2)cc1CNC1CC1.